The van der Waals surface area contributed by atoms with Crippen molar-refractivity contribution in [2.45, 2.75) is 26.7 Å². The monoisotopic (exact) mass is 392 g/mol. The molecule has 0 radical (unpaired) electrons. The first-order chi connectivity index (χ1) is 14.0. The molecule has 0 unspecified atom stereocenters. The van der Waals surface area contributed by atoms with Gasteiger partial charge in [0.1, 0.15) is 16.9 Å². The Morgan fingerprint density at radius 2 is 1.86 bits per heavy atom. The Kier molecular flexibility index (Phi) is 4.84. The molecule has 0 bridgehead atoms. The van der Waals surface area contributed by atoms with Crippen LogP contribution in [-0.4, -0.2) is 17.7 Å². The Bertz CT molecular complexity index is 1280. The van der Waals surface area contributed by atoms with Gasteiger partial charge in [-0.3, -0.25) is 4.79 Å². The van der Waals surface area contributed by atoms with E-state index in [0.29, 0.717) is 28.9 Å². The number of ether oxygens (including phenoxy) is 1. The number of carboxylic acid groups (broad SMARTS) is 1. The molecule has 2 heterocycles. The molecule has 0 aliphatic rings. The average molecular weight is 392 g/mol. The molecule has 148 valence electrons. The minimum Gasteiger partial charge on any atom is -0.493 e. The predicted octanol–water partition coefficient (Wildman–Crippen LogP) is 5.07. The zero-order chi connectivity index (χ0) is 20.5. The van der Waals surface area contributed by atoms with Crippen LogP contribution in [0.25, 0.3) is 33.1 Å². The van der Waals surface area contributed by atoms with Gasteiger partial charge in [-0.2, -0.15) is 0 Å². The van der Waals surface area contributed by atoms with E-state index in [1.54, 1.807) is 12.3 Å². The third-order valence-electron chi connectivity index (χ3n) is 5.05. The average Bonchev–Trinajstić information content (AvgIpc) is 3.15. The van der Waals surface area contributed by atoms with E-state index in [9.17, 15) is 9.59 Å². The van der Waals surface area contributed by atoms with Gasteiger partial charge in [-0.25, -0.2) is 4.79 Å². The summed E-state index contributed by atoms with van der Waals surface area (Å²) >= 11 is 0. The van der Waals surface area contributed by atoms with Gasteiger partial charge in [0.2, 0.25) is 0 Å². The summed E-state index contributed by atoms with van der Waals surface area (Å²) in [5.74, 6) is -0.227. The summed E-state index contributed by atoms with van der Waals surface area (Å²) in [6, 6.07) is 10.8. The fraction of sp³-hybridized carbons (Fsp3) is 0.217. The molecule has 4 rings (SSSR count). The van der Waals surface area contributed by atoms with E-state index in [4.69, 9.17) is 18.7 Å². The van der Waals surface area contributed by atoms with Gasteiger partial charge in [0, 0.05) is 28.8 Å². The van der Waals surface area contributed by atoms with Crippen LogP contribution < -0.4 is 10.4 Å². The number of carbonyl (C=O) groups is 1. The van der Waals surface area contributed by atoms with Gasteiger partial charge < -0.3 is 18.7 Å². The van der Waals surface area contributed by atoms with Crippen molar-refractivity contribution in [1.82, 2.24) is 0 Å². The van der Waals surface area contributed by atoms with Gasteiger partial charge in [-0.1, -0.05) is 12.1 Å². The molecule has 0 aliphatic heterocycles. The standard InChI is InChI=1S/C23H20O6/c1-13-5-7-17(21(14(13)2)27-10-3-4-18(24)25)20-22-16(9-11-28-22)12-15-6-8-19(26)29-23(15)20/h5-9,11-12H,3-4,10H2,1-2H3,(H,24,25). The first-order valence-corrected chi connectivity index (χ1v) is 9.35. The fourth-order valence-electron chi connectivity index (χ4n) is 3.46. The van der Waals surface area contributed by atoms with Crippen molar-refractivity contribution in [3.63, 3.8) is 0 Å². The van der Waals surface area contributed by atoms with Gasteiger partial charge in [0.25, 0.3) is 0 Å². The lowest BCUT2D eigenvalue weighted by atomic mass is 9.95. The molecule has 0 saturated heterocycles. The number of benzene rings is 2. The second-order valence-corrected chi connectivity index (χ2v) is 6.99. The minimum absolute atomic E-state index is 0.0335. The van der Waals surface area contributed by atoms with Crippen molar-refractivity contribution in [2.24, 2.45) is 0 Å². The zero-order valence-corrected chi connectivity index (χ0v) is 16.2. The molecule has 2 aromatic carbocycles. The van der Waals surface area contributed by atoms with E-state index in [1.807, 2.05) is 38.1 Å². The van der Waals surface area contributed by atoms with Crippen molar-refractivity contribution in [1.29, 1.82) is 0 Å². The SMILES string of the molecule is Cc1ccc(-c2c3occc3cc3ccc(=O)oc23)c(OCCCC(=O)O)c1C. The minimum atomic E-state index is -0.858. The maximum atomic E-state index is 11.9. The predicted molar refractivity (Wildman–Crippen MR) is 110 cm³/mol. The summed E-state index contributed by atoms with van der Waals surface area (Å²) in [5, 5.41) is 10.5. The molecule has 29 heavy (non-hydrogen) atoms. The summed E-state index contributed by atoms with van der Waals surface area (Å²) in [6.07, 6.45) is 2.02. The van der Waals surface area contributed by atoms with Crippen molar-refractivity contribution >= 4 is 27.9 Å². The van der Waals surface area contributed by atoms with Crippen LogP contribution in [0.1, 0.15) is 24.0 Å². The van der Waals surface area contributed by atoms with Crippen LogP contribution in [0.4, 0.5) is 0 Å². The maximum Gasteiger partial charge on any atom is 0.336 e. The molecule has 0 fully saturated rings. The van der Waals surface area contributed by atoms with E-state index in [-0.39, 0.29) is 13.0 Å². The molecular weight excluding hydrogens is 372 g/mol. The van der Waals surface area contributed by atoms with Crippen molar-refractivity contribution < 1.29 is 23.5 Å². The Morgan fingerprint density at radius 1 is 1.07 bits per heavy atom. The lowest BCUT2D eigenvalue weighted by Crippen LogP contribution is -2.05. The van der Waals surface area contributed by atoms with Crippen LogP contribution in [0.3, 0.4) is 0 Å². The topological polar surface area (TPSA) is 89.9 Å². The van der Waals surface area contributed by atoms with E-state index in [0.717, 1.165) is 27.5 Å². The third kappa shape index (κ3) is 3.49. The quantitative estimate of drug-likeness (QED) is 0.364. The Balaban J connectivity index is 1.94. The van der Waals surface area contributed by atoms with Gasteiger partial charge in [0.05, 0.1) is 18.4 Å². The van der Waals surface area contributed by atoms with Crippen LogP contribution in [0, 0.1) is 13.8 Å². The van der Waals surface area contributed by atoms with Crippen LogP contribution in [-0.2, 0) is 4.79 Å². The fourth-order valence-corrected chi connectivity index (χ4v) is 3.46. The molecule has 4 aromatic rings. The number of aryl methyl sites for hydroxylation is 1. The third-order valence-corrected chi connectivity index (χ3v) is 5.05. The molecule has 0 aliphatic carbocycles. The second kappa shape index (κ2) is 7.47. The largest absolute Gasteiger partial charge is 0.493 e. The molecule has 0 spiro atoms. The molecule has 0 atom stereocenters. The highest BCUT2D eigenvalue weighted by molar-refractivity contribution is 6.09. The first-order valence-electron chi connectivity index (χ1n) is 9.35. The number of fused-ring (bicyclic) bond motifs is 2. The molecule has 6 heteroatoms. The molecule has 1 N–H and O–H groups in total. The number of hydrogen-bond donors (Lipinski definition) is 1. The molecular formula is C23H20O6. The van der Waals surface area contributed by atoms with Crippen LogP contribution in [0.5, 0.6) is 5.75 Å². The highest BCUT2D eigenvalue weighted by Crippen LogP contribution is 2.42. The highest BCUT2D eigenvalue weighted by atomic mass is 16.5. The van der Waals surface area contributed by atoms with Crippen LogP contribution in [0.2, 0.25) is 0 Å². The van der Waals surface area contributed by atoms with E-state index < -0.39 is 11.6 Å². The normalized spacial score (nSPS) is 11.2. The van der Waals surface area contributed by atoms with Crippen LogP contribution in [0.15, 0.2) is 56.3 Å². The van der Waals surface area contributed by atoms with Crippen molar-refractivity contribution in [3.05, 3.63) is 64.2 Å². The first kappa shape index (κ1) is 18.8. The smallest absolute Gasteiger partial charge is 0.336 e. The lowest BCUT2D eigenvalue weighted by Gasteiger charge is -2.17. The Morgan fingerprint density at radius 3 is 2.66 bits per heavy atom. The highest BCUT2D eigenvalue weighted by Gasteiger charge is 2.20. The molecule has 2 aromatic heterocycles. The van der Waals surface area contributed by atoms with Crippen molar-refractivity contribution in [2.75, 3.05) is 6.61 Å². The number of rotatable bonds is 6. The summed E-state index contributed by atoms with van der Waals surface area (Å²) in [6.45, 7) is 4.19. The van der Waals surface area contributed by atoms with Gasteiger partial charge >= 0.3 is 11.6 Å². The van der Waals surface area contributed by atoms with Crippen molar-refractivity contribution in [3.8, 4) is 16.9 Å². The van der Waals surface area contributed by atoms with Gasteiger partial charge in [0.15, 0.2) is 0 Å². The van der Waals surface area contributed by atoms with E-state index in [1.165, 1.54) is 6.07 Å². The number of hydrogen-bond acceptors (Lipinski definition) is 5. The molecule has 0 amide bonds. The summed E-state index contributed by atoms with van der Waals surface area (Å²) in [4.78, 5) is 22.7. The second-order valence-electron chi connectivity index (χ2n) is 6.99. The number of furan rings is 1. The van der Waals surface area contributed by atoms with Crippen LogP contribution >= 0.6 is 0 Å². The summed E-state index contributed by atoms with van der Waals surface area (Å²) in [5.41, 5.74) is 3.95. The molecule has 0 saturated carbocycles. The number of aliphatic carboxylic acids is 1. The zero-order valence-electron chi connectivity index (χ0n) is 16.2. The van der Waals surface area contributed by atoms with E-state index >= 15 is 0 Å². The summed E-state index contributed by atoms with van der Waals surface area (Å²) in [7, 11) is 0. The Labute approximate surface area is 166 Å². The lowest BCUT2D eigenvalue weighted by molar-refractivity contribution is -0.137. The summed E-state index contributed by atoms with van der Waals surface area (Å²) < 4.78 is 17.3. The molecule has 6 nitrogen and oxygen atoms in total. The Hall–Kier alpha value is -3.54. The maximum absolute atomic E-state index is 11.9. The van der Waals surface area contributed by atoms with Gasteiger partial charge in [-0.05, 0) is 49.6 Å². The van der Waals surface area contributed by atoms with E-state index in [2.05, 4.69) is 0 Å². The number of carboxylic acids is 1. The van der Waals surface area contributed by atoms with Gasteiger partial charge in [-0.15, -0.1) is 0 Å².